The summed E-state index contributed by atoms with van der Waals surface area (Å²) in [7, 11) is 0. The summed E-state index contributed by atoms with van der Waals surface area (Å²) in [4.78, 5) is 20.8. The second-order valence-corrected chi connectivity index (χ2v) is 5.79. The number of rotatable bonds is 4. The van der Waals surface area contributed by atoms with E-state index in [9.17, 15) is 4.79 Å². The zero-order valence-corrected chi connectivity index (χ0v) is 13.8. The Morgan fingerprint density at radius 1 is 1.38 bits per heavy atom. The molecule has 0 unspecified atom stereocenters. The lowest BCUT2D eigenvalue weighted by Gasteiger charge is -2.12. The van der Waals surface area contributed by atoms with Crippen LogP contribution in [0.1, 0.15) is 42.7 Å². The van der Waals surface area contributed by atoms with E-state index < -0.39 is 0 Å². The normalized spacial score (nSPS) is 10.7. The monoisotopic (exact) mass is 348 g/mol. The van der Waals surface area contributed by atoms with Crippen LogP contribution in [0, 0.1) is 0 Å². The maximum absolute atomic E-state index is 12.0. The highest BCUT2D eigenvalue weighted by molar-refractivity contribution is 9.10. The highest BCUT2D eigenvalue weighted by atomic mass is 79.9. The summed E-state index contributed by atoms with van der Waals surface area (Å²) in [5.74, 6) is 0.341. The summed E-state index contributed by atoms with van der Waals surface area (Å²) in [6.45, 7) is 6.11. The second-order valence-electron chi connectivity index (χ2n) is 4.88. The van der Waals surface area contributed by atoms with Crippen LogP contribution in [0.2, 0.25) is 0 Å². The van der Waals surface area contributed by atoms with Gasteiger partial charge < -0.3 is 4.74 Å². The fraction of sp³-hybridized carbons (Fsp3) is 0.312. The van der Waals surface area contributed by atoms with Gasteiger partial charge in [0.1, 0.15) is 0 Å². The zero-order valence-electron chi connectivity index (χ0n) is 12.3. The van der Waals surface area contributed by atoms with E-state index in [2.05, 4.69) is 25.9 Å². The Hall–Kier alpha value is -1.75. The third-order valence-corrected chi connectivity index (χ3v) is 3.44. The molecule has 110 valence electrons. The van der Waals surface area contributed by atoms with Gasteiger partial charge in [0.2, 0.25) is 0 Å². The van der Waals surface area contributed by atoms with Crippen LogP contribution in [0.5, 0.6) is 0 Å². The van der Waals surface area contributed by atoms with E-state index in [0.29, 0.717) is 23.7 Å². The van der Waals surface area contributed by atoms with Crippen molar-refractivity contribution in [1.29, 1.82) is 0 Å². The molecule has 0 aliphatic rings. The lowest BCUT2D eigenvalue weighted by molar-refractivity contribution is 0.0523. The van der Waals surface area contributed by atoms with E-state index in [1.807, 2.05) is 38.1 Å². The minimum absolute atomic E-state index is 0.110. The highest BCUT2D eigenvalue weighted by Crippen LogP contribution is 2.24. The molecular formula is C16H17BrN2O2. The van der Waals surface area contributed by atoms with Crippen LogP contribution < -0.4 is 0 Å². The van der Waals surface area contributed by atoms with Crippen LogP contribution in [-0.4, -0.2) is 22.5 Å². The van der Waals surface area contributed by atoms with Gasteiger partial charge in [-0.15, -0.1) is 0 Å². The number of esters is 1. The van der Waals surface area contributed by atoms with Crippen molar-refractivity contribution < 1.29 is 9.53 Å². The zero-order chi connectivity index (χ0) is 15.4. The molecule has 0 radical (unpaired) electrons. The van der Waals surface area contributed by atoms with Gasteiger partial charge in [-0.05, 0) is 25.0 Å². The number of aromatic nitrogens is 2. The topological polar surface area (TPSA) is 52.1 Å². The van der Waals surface area contributed by atoms with Gasteiger partial charge in [0.05, 0.1) is 17.9 Å². The van der Waals surface area contributed by atoms with Gasteiger partial charge in [0, 0.05) is 16.2 Å². The minimum atomic E-state index is -0.373. The van der Waals surface area contributed by atoms with Gasteiger partial charge in [-0.1, -0.05) is 41.9 Å². The molecule has 0 N–H and O–H groups in total. The van der Waals surface area contributed by atoms with E-state index in [-0.39, 0.29) is 11.9 Å². The molecule has 5 heteroatoms. The lowest BCUT2D eigenvalue weighted by Crippen LogP contribution is -2.12. The van der Waals surface area contributed by atoms with Crippen LogP contribution in [0.15, 0.2) is 34.9 Å². The molecule has 1 heterocycles. The number of halogens is 1. The average molecular weight is 349 g/mol. The molecule has 0 amide bonds. The fourth-order valence-electron chi connectivity index (χ4n) is 1.97. The SMILES string of the molecule is CCOC(=O)c1cnc(-c2cccc(Br)c2)nc1C(C)C. The van der Waals surface area contributed by atoms with Crippen LogP contribution in [-0.2, 0) is 4.74 Å². The first kappa shape index (κ1) is 15.6. The fourth-order valence-corrected chi connectivity index (χ4v) is 2.37. The molecule has 0 bridgehead atoms. The van der Waals surface area contributed by atoms with Gasteiger partial charge in [0.25, 0.3) is 0 Å². The minimum Gasteiger partial charge on any atom is -0.462 e. The van der Waals surface area contributed by atoms with Crippen molar-refractivity contribution in [3.63, 3.8) is 0 Å². The number of hydrogen-bond donors (Lipinski definition) is 0. The first-order valence-corrected chi connectivity index (χ1v) is 7.62. The Labute approximate surface area is 132 Å². The van der Waals surface area contributed by atoms with Gasteiger partial charge in [-0.3, -0.25) is 0 Å². The van der Waals surface area contributed by atoms with E-state index >= 15 is 0 Å². The molecule has 1 aromatic heterocycles. The van der Waals surface area contributed by atoms with Crippen LogP contribution >= 0.6 is 15.9 Å². The Morgan fingerprint density at radius 3 is 2.76 bits per heavy atom. The number of carbonyl (C=O) groups is 1. The quantitative estimate of drug-likeness (QED) is 0.776. The van der Waals surface area contributed by atoms with Gasteiger partial charge in [-0.2, -0.15) is 0 Å². The number of benzene rings is 1. The third-order valence-electron chi connectivity index (χ3n) is 2.94. The predicted molar refractivity (Wildman–Crippen MR) is 85.2 cm³/mol. The largest absolute Gasteiger partial charge is 0.462 e. The summed E-state index contributed by atoms with van der Waals surface area (Å²) in [5.41, 5.74) is 2.05. The van der Waals surface area contributed by atoms with E-state index in [4.69, 9.17) is 4.74 Å². The molecule has 0 saturated carbocycles. The molecule has 1 aromatic carbocycles. The summed E-state index contributed by atoms with van der Waals surface area (Å²) < 4.78 is 6.02. The van der Waals surface area contributed by atoms with E-state index in [1.165, 1.54) is 0 Å². The van der Waals surface area contributed by atoms with E-state index in [0.717, 1.165) is 10.0 Å². The smallest absolute Gasteiger partial charge is 0.341 e. The molecule has 21 heavy (non-hydrogen) atoms. The maximum atomic E-state index is 12.0. The van der Waals surface area contributed by atoms with Gasteiger partial charge >= 0.3 is 5.97 Å². The van der Waals surface area contributed by atoms with Crippen LogP contribution in [0.4, 0.5) is 0 Å². The summed E-state index contributed by atoms with van der Waals surface area (Å²) >= 11 is 3.44. The molecule has 2 aromatic rings. The van der Waals surface area contributed by atoms with Crippen molar-refractivity contribution in [3.8, 4) is 11.4 Å². The first-order chi connectivity index (χ1) is 10.0. The van der Waals surface area contributed by atoms with Crippen molar-refractivity contribution in [3.05, 3.63) is 46.2 Å². The lowest BCUT2D eigenvalue weighted by atomic mass is 10.0. The average Bonchev–Trinajstić information content (AvgIpc) is 2.46. The Morgan fingerprint density at radius 2 is 2.14 bits per heavy atom. The van der Waals surface area contributed by atoms with Crippen molar-refractivity contribution in [1.82, 2.24) is 9.97 Å². The molecule has 0 atom stereocenters. The number of nitrogens with zero attached hydrogens (tertiary/aromatic N) is 2. The predicted octanol–water partition coefficient (Wildman–Crippen LogP) is 4.21. The van der Waals surface area contributed by atoms with Gasteiger partial charge in [-0.25, -0.2) is 14.8 Å². The van der Waals surface area contributed by atoms with Crippen molar-refractivity contribution in [2.75, 3.05) is 6.61 Å². The third kappa shape index (κ3) is 3.67. The van der Waals surface area contributed by atoms with Crippen molar-refractivity contribution in [2.24, 2.45) is 0 Å². The first-order valence-electron chi connectivity index (χ1n) is 6.83. The molecule has 0 aliphatic heterocycles. The van der Waals surface area contributed by atoms with Crippen molar-refractivity contribution >= 4 is 21.9 Å². The number of ether oxygens (including phenoxy) is 1. The number of hydrogen-bond acceptors (Lipinski definition) is 4. The highest BCUT2D eigenvalue weighted by Gasteiger charge is 2.18. The maximum Gasteiger partial charge on any atom is 0.341 e. The van der Waals surface area contributed by atoms with Crippen LogP contribution in [0.25, 0.3) is 11.4 Å². The van der Waals surface area contributed by atoms with Crippen molar-refractivity contribution in [2.45, 2.75) is 26.7 Å². The molecule has 4 nitrogen and oxygen atoms in total. The Bertz CT molecular complexity index is 656. The van der Waals surface area contributed by atoms with E-state index in [1.54, 1.807) is 13.1 Å². The molecular weight excluding hydrogens is 332 g/mol. The molecule has 2 rings (SSSR count). The Kier molecular flexibility index (Phi) is 5.07. The molecule has 0 fully saturated rings. The second kappa shape index (κ2) is 6.80. The standard InChI is InChI=1S/C16H17BrN2O2/c1-4-21-16(20)13-9-18-15(19-14(13)10(2)3)11-6-5-7-12(17)8-11/h5-10H,4H2,1-3H3. The summed E-state index contributed by atoms with van der Waals surface area (Å²) in [6, 6.07) is 7.76. The summed E-state index contributed by atoms with van der Waals surface area (Å²) in [5, 5.41) is 0. The molecule has 0 saturated heterocycles. The summed E-state index contributed by atoms with van der Waals surface area (Å²) in [6.07, 6.45) is 1.55. The number of carbonyl (C=O) groups excluding carboxylic acids is 1. The molecule has 0 spiro atoms. The molecule has 0 aliphatic carbocycles. The Balaban J connectivity index is 2.48. The van der Waals surface area contributed by atoms with Crippen LogP contribution in [0.3, 0.4) is 0 Å². The van der Waals surface area contributed by atoms with Gasteiger partial charge in [0.15, 0.2) is 5.82 Å².